The summed E-state index contributed by atoms with van der Waals surface area (Å²) in [5.74, 6) is -0.721. The summed E-state index contributed by atoms with van der Waals surface area (Å²) in [6, 6.07) is 5.01. The predicted octanol–water partition coefficient (Wildman–Crippen LogP) is 2.77. The summed E-state index contributed by atoms with van der Waals surface area (Å²) < 4.78 is 5.23. The maximum Gasteiger partial charge on any atom is 0.305 e. The standard InChI is InChI=1S/C14H15ClN2O4S/c1-3-17-13(20)11(7-12(18)19)22-14(17)16-9-6-8(15)4-5-10(9)21-2/h4-6,11H,3,7H2,1-2H3,(H,18,19). The summed E-state index contributed by atoms with van der Waals surface area (Å²) in [6.07, 6.45) is -0.230. The predicted molar refractivity (Wildman–Crippen MR) is 86.1 cm³/mol. The van der Waals surface area contributed by atoms with Gasteiger partial charge in [-0.2, -0.15) is 0 Å². The molecule has 8 heteroatoms. The molecule has 0 saturated carbocycles. The molecule has 1 unspecified atom stereocenters. The number of hydrogen-bond donors (Lipinski definition) is 1. The van der Waals surface area contributed by atoms with Crippen molar-refractivity contribution in [2.75, 3.05) is 13.7 Å². The second-order valence-corrected chi connectivity index (χ2v) is 6.10. The third kappa shape index (κ3) is 3.53. The van der Waals surface area contributed by atoms with Crippen molar-refractivity contribution in [3.63, 3.8) is 0 Å². The summed E-state index contributed by atoms with van der Waals surface area (Å²) >= 11 is 7.11. The molecule has 22 heavy (non-hydrogen) atoms. The number of methoxy groups -OCH3 is 1. The van der Waals surface area contributed by atoms with E-state index in [4.69, 9.17) is 21.4 Å². The number of carboxylic acids is 1. The SMILES string of the molecule is CCN1C(=O)C(CC(=O)O)SC1=Nc1cc(Cl)ccc1OC. The van der Waals surface area contributed by atoms with Crippen LogP contribution in [0.2, 0.25) is 5.02 Å². The average molecular weight is 343 g/mol. The van der Waals surface area contributed by atoms with Crippen LogP contribution in [0.1, 0.15) is 13.3 Å². The second kappa shape index (κ2) is 7.02. The summed E-state index contributed by atoms with van der Waals surface area (Å²) in [4.78, 5) is 28.9. The molecule has 0 aliphatic carbocycles. The number of rotatable bonds is 5. The Kier molecular flexibility index (Phi) is 5.31. The Labute approximate surface area is 137 Å². The molecule has 1 aromatic carbocycles. The van der Waals surface area contributed by atoms with Crippen LogP contribution in [0.15, 0.2) is 23.2 Å². The van der Waals surface area contributed by atoms with Gasteiger partial charge in [0, 0.05) is 11.6 Å². The van der Waals surface area contributed by atoms with Crippen molar-refractivity contribution < 1.29 is 19.4 Å². The van der Waals surface area contributed by atoms with Crippen LogP contribution < -0.4 is 4.74 Å². The number of aliphatic imine (C=N–C) groups is 1. The van der Waals surface area contributed by atoms with Crippen LogP contribution >= 0.6 is 23.4 Å². The Balaban J connectivity index is 2.36. The average Bonchev–Trinajstić information content (AvgIpc) is 2.74. The quantitative estimate of drug-likeness (QED) is 0.890. The summed E-state index contributed by atoms with van der Waals surface area (Å²) in [5.41, 5.74) is 0.500. The van der Waals surface area contributed by atoms with Crippen molar-refractivity contribution in [2.45, 2.75) is 18.6 Å². The molecule has 1 atom stereocenters. The number of aliphatic carboxylic acids is 1. The minimum Gasteiger partial charge on any atom is -0.494 e. The maximum atomic E-state index is 12.2. The number of hydrogen-bond acceptors (Lipinski definition) is 5. The monoisotopic (exact) mass is 342 g/mol. The van der Waals surface area contributed by atoms with Gasteiger partial charge < -0.3 is 9.84 Å². The first-order valence-corrected chi connectivity index (χ1v) is 7.84. The smallest absolute Gasteiger partial charge is 0.305 e. The van der Waals surface area contributed by atoms with Crippen LogP contribution in [0.3, 0.4) is 0 Å². The van der Waals surface area contributed by atoms with Crippen LogP contribution in [-0.4, -0.2) is 46.0 Å². The summed E-state index contributed by atoms with van der Waals surface area (Å²) in [6.45, 7) is 2.23. The number of benzene rings is 1. The lowest BCUT2D eigenvalue weighted by Gasteiger charge is -2.13. The van der Waals surface area contributed by atoms with E-state index < -0.39 is 11.2 Å². The van der Waals surface area contributed by atoms with Gasteiger partial charge in [-0.3, -0.25) is 14.5 Å². The van der Waals surface area contributed by atoms with Gasteiger partial charge in [-0.15, -0.1) is 0 Å². The fourth-order valence-corrected chi connectivity index (χ4v) is 3.40. The molecule has 1 fully saturated rings. The Morgan fingerprint density at radius 1 is 1.55 bits per heavy atom. The molecule has 1 heterocycles. The second-order valence-electron chi connectivity index (χ2n) is 4.50. The molecule has 1 aliphatic heterocycles. The molecule has 118 valence electrons. The molecular formula is C14H15ClN2O4S. The third-order valence-corrected chi connectivity index (χ3v) is 4.46. The minimum absolute atomic E-state index is 0.230. The van der Waals surface area contributed by atoms with Crippen molar-refractivity contribution in [3.8, 4) is 5.75 Å². The zero-order chi connectivity index (χ0) is 16.3. The van der Waals surface area contributed by atoms with Crippen molar-refractivity contribution >= 4 is 46.1 Å². The third-order valence-electron chi connectivity index (χ3n) is 3.05. The lowest BCUT2D eigenvalue weighted by atomic mass is 10.3. The Hall–Kier alpha value is -1.73. The lowest BCUT2D eigenvalue weighted by molar-refractivity contribution is -0.139. The molecule has 2 rings (SSSR count). The summed E-state index contributed by atoms with van der Waals surface area (Å²) in [7, 11) is 1.52. The highest BCUT2D eigenvalue weighted by Gasteiger charge is 2.38. The highest BCUT2D eigenvalue weighted by molar-refractivity contribution is 8.15. The molecule has 0 spiro atoms. The normalized spacial score (nSPS) is 19.8. The van der Waals surface area contributed by atoms with Gasteiger partial charge in [0.05, 0.1) is 13.5 Å². The zero-order valence-electron chi connectivity index (χ0n) is 12.1. The van der Waals surface area contributed by atoms with Crippen molar-refractivity contribution in [3.05, 3.63) is 23.2 Å². The van der Waals surface area contributed by atoms with Gasteiger partial charge >= 0.3 is 5.97 Å². The minimum atomic E-state index is -1.01. The number of amidine groups is 1. The maximum absolute atomic E-state index is 12.2. The fourth-order valence-electron chi connectivity index (χ4n) is 2.03. The van der Waals surface area contributed by atoms with Gasteiger partial charge in [-0.1, -0.05) is 23.4 Å². The van der Waals surface area contributed by atoms with E-state index in [1.165, 1.54) is 12.0 Å². The number of carbonyl (C=O) groups excluding carboxylic acids is 1. The Morgan fingerprint density at radius 3 is 2.86 bits per heavy atom. The first-order chi connectivity index (χ1) is 10.5. The van der Waals surface area contributed by atoms with E-state index in [9.17, 15) is 9.59 Å². The van der Waals surface area contributed by atoms with E-state index in [-0.39, 0.29) is 12.3 Å². The molecule has 0 aromatic heterocycles. The molecule has 0 radical (unpaired) electrons. The van der Waals surface area contributed by atoms with Gasteiger partial charge in [0.25, 0.3) is 0 Å². The van der Waals surface area contributed by atoms with E-state index in [2.05, 4.69) is 4.99 Å². The number of halogens is 1. The van der Waals surface area contributed by atoms with Crippen molar-refractivity contribution in [1.82, 2.24) is 4.90 Å². The number of ether oxygens (including phenoxy) is 1. The topological polar surface area (TPSA) is 79.2 Å². The summed E-state index contributed by atoms with van der Waals surface area (Å²) in [5, 5.41) is 9.19. The fraction of sp³-hybridized carbons (Fsp3) is 0.357. The Bertz CT molecular complexity index is 635. The van der Waals surface area contributed by atoms with Gasteiger partial charge in [0.2, 0.25) is 5.91 Å². The Morgan fingerprint density at radius 2 is 2.27 bits per heavy atom. The van der Waals surface area contributed by atoms with Gasteiger partial charge in [0.15, 0.2) is 5.17 Å². The van der Waals surface area contributed by atoms with Gasteiger partial charge in [-0.05, 0) is 25.1 Å². The van der Waals surface area contributed by atoms with Crippen molar-refractivity contribution in [2.24, 2.45) is 4.99 Å². The molecule has 6 nitrogen and oxygen atoms in total. The largest absolute Gasteiger partial charge is 0.494 e. The molecule has 1 saturated heterocycles. The molecule has 1 aromatic rings. The number of carbonyl (C=O) groups is 2. The first-order valence-electron chi connectivity index (χ1n) is 6.58. The van der Waals surface area contributed by atoms with Crippen LogP contribution in [0.25, 0.3) is 0 Å². The molecular weight excluding hydrogens is 328 g/mol. The molecule has 1 aliphatic rings. The molecule has 1 N–H and O–H groups in total. The van der Waals surface area contributed by atoms with Gasteiger partial charge in [0.1, 0.15) is 16.7 Å². The zero-order valence-corrected chi connectivity index (χ0v) is 13.6. The van der Waals surface area contributed by atoms with E-state index >= 15 is 0 Å². The van der Waals surface area contributed by atoms with Gasteiger partial charge in [-0.25, -0.2) is 4.99 Å². The number of carboxylic acid groups (broad SMARTS) is 1. The van der Waals surface area contributed by atoms with Crippen LogP contribution in [0, 0.1) is 0 Å². The highest BCUT2D eigenvalue weighted by atomic mass is 35.5. The van der Waals surface area contributed by atoms with Crippen LogP contribution in [-0.2, 0) is 9.59 Å². The molecule has 1 amide bonds. The van der Waals surface area contributed by atoms with Crippen molar-refractivity contribution in [1.29, 1.82) is 0 Å². The number of thioether (sulfide) groups is 1. The van der Waals surface area contributed by atoms with E-state index in [0.717, 1.165) is 11.8 Å². The van der Waals surface area contributed by atoms with E-state index in [1.807, 2.05) is 6.92 Å². The molecule has 0 bridgehead atoms. The van der Waals surface area contributed by atoms with E-state index in [1.54, 1.807) is 18.2 Å². The first kappa shape index (κ1) is 16.6. The lowest BCUT2D eigenvalue weighted by Crippen LogP contribution is -2.32. The number of amides is 1. The van der Waals surface area contributed by atoms with E-state index in [0.29, 0.717) is 28.2 Å². The van der Waals surface area contributed by atoms with Crippen LogP contribution in [0.5, 0.6) is 5.75 Å². The number of nitrogens with zero attached hydrogens (tertiary/aromatic N) is 2. The highest BCUT2D eigenvalue weighted by Crippen LogP contribution is 2.35. The van der Waals surface area contributed by atoms with Crippen LogP contribution in [0.4, 0.5) is 5.69 Å².